The van der Waals surface area contributed by atoms with Gasteiger partial charge in [-0.15, -0.1) is 0 Å². The molecule has 2 N–H and O–H groups in total. The second-order valence-corrected chi connectivity index (χ2v) is 6.44. The number of fused-ring (bicyclic) bond motifs is 1. The van der Waals surface area contributed by atoms with E-state index in [2.05, 4.69) is 10.3 Å². The normalized spacial score (nSPS) is 10.8. The first-order valence-corrected chi connectivity index (χ1v) is 9.32. The molecule has 0 aliphatic rings. The van der Waals surface area contributed by atoms with Crippen molar-refractivity contribution >= 4 is 28.6 Å². The van der Waals surface area contributed by atoms with Gasteiger partial charge in [-0.3, -0.25) is 9.59 Å². The Morgan fingerprint density at radius 1 is 1.16 bits per heavy atom. The zero-order valence-electron chi connectivity index (χ0n) is 16.9. The van der Waals surface area contributed by atoms with Crippen molar-refractivity contribution in [3.05, 3.63) is 65.1 Å². The van der Waals surface area contributed by atoms with Crippen LogP contribution in [0.2, 0.25) is 0 Å². The van der Waals surface area contributed by atoms with Crippen LogP contribution in [0, 0.1) is 0 Å². The third-order valence-electron chi connectivity index (χ3n) is 4.10. The lowest BCUT2D eigenvalue weighted by atomic mass is 10.2. The number of hydrogen-bond donors (Lipinski definition) is 2. The molecular weight excluding hydrogens is 431 g/mol. The number of benzene rings is 1. The number of halogens is 3. The minimum absolute atomic E-state index is 0.115. The number of carboxylic acids is 1. The number of nitrogens with zero attached hydrogens (tertiary/aromatic N) is 2. The summed E-state index contributed by atoms with van der Waals surface area (Å²) >= 11 is 0. The predicted octanol–water partition coefficient (Wildman–Crippen LogP) is 3.36. The first kappa shape index (κ1) is 24.4. The second-order valence-electron chi connectivity index (χ2n) is 6.44. The highest BCUT2D eigenvalue weighted by Crippen LogP contribution is 2.23. The van der Waals surface area contributed by atoms with Crippen LogP contribution in [0.5, 0.6) is 5.75 Å². The number of amides is 1. The molecule has 170 valence electrons. The van der Waals surface area contributed by atoms with Gasteiger partial charge in [0.25, 0.3) is 5.56 Å². The van der Waals surface area contributed by atoms with Gasteiger partial charge in [-0.25, -0.2) is 9.78 Å². The molecule has 0 spiro atoms. The molecule has 8 nitrogen and oxygen atoms in total. The van der Waals surface area contributed by atoms with E-state index in [1.807, 2.05) is 30.3 Å². The summed E-state index contributed by atoms with van der Waals surface area (Å²) in [6.45, 7) is 0.354. The highest BCUT2D eigenvalue weighted by molar-refractivity contribution is 5.89. The maximum Gasteiger partial charge on any atom is 0.490 e. The average Bonchev–Trinajstić information content (AvgIpc) is 2.75. The molecule has 3 aromatic rings. The molecule has 0 unspecified atom stereocenters. The minimum Gasteiger partial charge on any atom is -0.493 e. The Hall–Kier alpha value is -3.89. The Labute approximate surface area is 180 Å². The molecule has 0 aliphatic heterocycles. The molecule has 11 heteroatoms. The van der Waals surface area contributed by atoms with Crippen LogP contribution in [-0.2, 0) is 16.6 Å². The standard InChI is InChI=1S/C19H19N3O3.C2HF3O2/c1-22-15-8-3-2-7-14(15)16(13-19(22)24)25-12-6-10-18(23)21-17-9-4-5-11-20-17;3-2(4,5)1(6)7/h2-5,7-9,11,13H,6,10,12H2,1H3,(H,20,21,23);(H,6,7). The Balaban J connectivity index is 0.000000451. The van der Waals surface area contributed by atoms with Crippen molar-refractivity contribution in [3.63, 3.8) is 0 Å². The Kier molecular flexibility index (Phi) is 8.33. The molecular formula is C21H20F3N3O5. The fourth-order valence-electron chi connectivity index (χ4n) is 2.56. The Bertz CT molecular complexity index is 1130. The molecule has 0 bridgehead atoms. The van der Waals surface area contributed by atoms with E-state index in [-0.39, 0.29) is 11.5 Å². The van der Waals surface area contributed by atoms with Gasteiger partial charge in [0.1, 0.15) is 11.6 Å². The molecule has 0 saturated carbocycles. The SMILES string of the molecule is Cn1c(=O)cc(OCCCC(=O)Nc2ccccn2)c2ccccc21.O=C(O)C(F)(F)F. The lowest BCUT2D eigenvalue weighted by molar-refractivity contribution is -0.192. The van der Waals surface area contributed by atoms with Crippen molar-refractivity contribution in [2.45, 2.75) is 19.0 Å². The van der Waals surface area contributed by atoms with Crippen LogP contribution in [0.15, 0.2) is 59.5 Å². The number of aliphatic carboxylic acids is 1. The van der Waals surface area contributed by atoms with Gasteiger partial charge in [-0.05, 0) is 30.7 Å². The van der Waals surface area contributed by atoms with Crippen LogP contribution in [0.1, 0.15) is 12.8 Å². The fraction of sp³-hybridized carbons (Fsp3) is 0.238. The van der Waals surface area contributed by atoms with E-state index in [1.165, 1.54) is 6.07 Å². The Morgan fingerprint density at radius 3 is 2.44 bits per heavy atom. The summed E-state index contributed by atoms with van der Waals surface area (Å²) in [4.78, 5) is 36.8. The van der Waals surface area contributed by atoms with Crippen molar-refractivity contribution < 1.29 is 32.6 Å². The monoisotopic (exact) mass is 451 g/mol. The predicted molar refractivity (Wildman–Crippen MR) is 110 cm³/mol. The number of carboxylic acid groups (broad SMARTS) is 1. The summed E-state index contributed by atoms with van der Waals surface area (Å²) in [5.74, 6) is -1.79. The van der Waals surface area contributed by atoms with E-state index in [0.717, 1.165) is 10.9 Å². The van der Waals surface area contributed by atoms with Crippen LogP contribution in [0.4, 0.5) is 19.0 Å². The number of ether oxygens (including phenoxy) is 1. The van der Waals surface area contributed by atoms with Crippen LogP contribution in [0.3, 0.4) is 0 Å². The third kappa shape index (κ3) is 7.11. The van der Waals surface area contributed by atoms with Gasteiger partial charge in [-0.1, -0.05) is 18.2 Å². The van der Waals surface area contributed by atoms with Gasteiger partial charge in [-0.2, -0.15) is 13.2 Å². The van der Waals surface area contributed by atoms with E-state index in [0.29, 0.717) is 31.0 Å². The number of carbonyl (C=O) groups is 2. The maximum atomic E-state index is 12.0. The van der Waals surface area contributed by atoms with Crippen molar-refractivity contribution in [3.8, 4) is 5.75 Å². The summed E-state index contributed by atoms with van der Waals surface area (Å²) in [5, 5.41) is 10.7. The molecule has 0 atom stereocenters. The van der Waals surface area contributed by atoms with Crippen molar-refractivity contribution in [2.75, 3.05) is 11.9 Å². The number of rotatable bonds is 6. The van der Waals surface area contributed by atoms with Crippen LogP contribution < -0.4 is 15.6 Å². The number of nitrogens with one attached hydrogen (secondary N) is 1. The van der Waals surface area contributed by atoms with Crippen LogP contribution in [0.25, 0.3) is 10.9 Å². The number of aryl methyl sites for hydroxylation is 1. The first-order valence-electron chi connectivity index (χ1n) is 9.32. The number of alkyl halides is 3. The number of hydrogen-bond acceptors (Lipinski definition) is 5. The number of para-hydroxylation sites is 1. The number of anilines is 1. The summed E-state index contributed by atoms with van der Waals surface area (Å²) in [7, 11) is 1.73. The summed E-state index contributed by atoms with van der Waals surface area (Å²) < 4.78 is 39.1. The molecule has 1 amide bonds. The largest absolute Gasteiger partial charge is 0.493 e. The molecule has 2 aromatic heterocycles. The Morgan fingerprint density at radius 2 is 1.81 bits per heavy atom. The minimum atomic E-state index is -5.08. The maximum absolute atomic E-state index is 12.0. The lowest BCUT2D eigenvalue weighted by Gasteiger charge is -2.11. The van der Waals surface area contributed by atoms with E-state index in [9.17, 15) is 22.8 Å². The zero-order chi connectivity index (χ0) is 23.7. The van der Waals surface area contributed by atoms with Gasteiger partial charge in [0.2, 0.25) is 5.91 Å². The van der Waals surface area contributed by atoms with Gasteiger partial charge in [0.15, 0.2) is 0 Å². The fourth-order valence-corrected chi connectivity index (χ4v) is 2.56. The van der Waals surface area contributed by atoms with Crippen molar-refractivity contribution in [2.24, 2.45) is 7.05 Å². The molecule has 32 heavy (non-hydrogen) atoms. The third-order valence-corrected chi connectivity index (χ3v) is 4.10. The molecule has 3 rings (SSSR count). The van der Waals surface area contributed by atoms with Gasteiger partial charge < -0.3 is 19.7 Å². The second kappa shape index (κ2) is 10.9. The number of aromatic nitrogens is 2. The highest BCUT2D eigenvalue weighted by atomic mass is 19.4. The molecule has 2 heterocycles. The number of carbonyl (C=O) groups excluding carboxylic acids is 1. The van der Waals surface area contributed by atoms with Gasteiger partial charge in [0, 0.05) is 31.1 Å². The van der Waals surface area contributed by atoms with Gasteiger partial charge in [0.05, 0.1) is 12.1 Å². The summed E-state index contributed by atoms with van der Waals surface area (Å²) in [6, 6.07) is 14.4. The summed E-state index contributed by atoms with van der Waals surface area (Å²) in [5.41, 5.74) is 0.694. The van der Waals surface area contributed by atoms with E-state index >= 15 is 0 Å². The quantitative estimate of drug-likeness (QED) is 0.556. The molecule has 0 saturated heterocycles. The topological polar surface area (TPSA) is 111 Å². The molecule has 0 radical (unpaired) electrons. The summed E-state index contributed by atoms with van der Waals surface area (Å²) in [6.07, 6.45) is -2.60. The van der Waals surface area contributed by atoms with Crippen molar-refractivity contribution in [1.29, 1.82) is 0 Å². The zero-order valence-corrected chi connectivity index (χ0v) is 16.9. The highest BCUT2D eigenvalue weighted by Gasteiger charge is 2.38. The molecule has 0 aliphatic carbocycles. The smallest absolute Gasteiger partial charge is 0.490 e. The molecule has 0 fully saturated rings. The average molecular weight is 451 g/mol. The lowest BCUT2D eigenvalue weighted by Crippen LogP contribution is -2.21. The number of pyridine rings is 2. The first-order chi connectivity index (χ1) is 15.1. The van der Waals surface area contributed by atoms with E-state index in [4.69, 9.17) is 14.6 Å². The van der Waals surface area contributed by atoms with E-state index in [1.54, 1.807) is 29.9 Å². The van der Waals surface area contributed by atoms with E-state index < -0.39 is 12.1 Å². The van der Waals surface area contributed by atoms with Crippen molar-refractivity contribution in [1.82, 2.24) is 9.55 Å². The van der Waals surface area contributed by atoms with Crippen LogP contribution in [-0.4, -0.2) is 39.3 Å². The molecule has 1 aromatic carbocycles. The van der Waals surface area contributed by atoms with Gasteiger partial charge >= 0.3 is 12.1 Å². The van der Waals surface area contributed by atoms with Crippen LogP contribution >= 0.6 is 0 Å².